The summed E-state index contributed by atoms with van der Waals surface area (Å²) in [5.41, 5.74) is 10.3. The zero-order valence-corrected chi connectivity index (χ0v) is 26.0. The fourth-order valence-electron chi connectivity index (χ4n) is 5.57. The lowest BCUT2D eigenvalue weighted by Crippen LogP contribution is -2.17. The third-order valence-corrected chi connectivity index (χ3v) is 8.16. The molecule has 0 unspecified atom stereocenters. The highest BCUT2D eigenvalue weighted by molar-refractivity contribution is 5.94. The van der Waals surface area contributed by atoms with E-state index >= 15 is 0 Å². The molecule has 0 amide bonds. The standard InChI is InChI=1S/C38H38N4O/c1-37(2,3)28-19-29(35(43)31(20-28)38(4,5)6)36-41-34-30(22-39-23-33(34)42(36)7)25-14-11-15-26(18-25)32-17-16-27(21-40-32)24-12-9-8-10-13-24/h8-23,43H,1-7H3. The fraction of sp³-hybridized carbons (Fsp3) is 0.237. The molecular weight excluding hydrogens is 528 g/mol. The number of hydrogen-bond acceptors (Lipinski definition) is 4. The summed E-state index contributed by atoms with van der Waals surface area (Å²) < 4.78 is 2.04. The first kappa shape index (κ1) is 28.4. The van der Waals surface area contributed by atoms with Crippen LogP contribution >= 0.6 is 0 Å². The summed E-state index contributed by atoms with van der Waals surface area (Å²) in [6, 6.07) is 27.0. The van der Waals surface area contributed by atoms with Gasteiger partial charge in [0.25, 0.3) is 0 Å². The lowest BCUT2D eigenvalue weighted by molar-refractivity contribution is 0.446. The van der Waals surface area contributed by atoms with Crippen LogP contribution in [0.1, 0.15) is 52.7 Å². The molecule has 3 heterocycles. The Kier molecular flexibility index (Phi) is 6.92. The third kappa shape index (κ3) is 5.32. The highest BCUT2D eigenvalue weighted by Crippen LogP contribution is 2.43. The molecule has 6 aromatic rings. The van der Waals surface area contributed by atoms with Crippen molar-refractivity contribution in [2.75, 3.05) is 0 Å². The van der Waals surface area contributed by atoms with Gasteiger partial charge in [0.1, 0.15) is 17.1 Å². The SMILES string of the molecule is Cn1c(-c2cc(C(C)(C)C)cc(C(C)(C)C)c2O)nc2c(-c3cccc(-c4ccc(-c5ccccc5)cn4)c3)cncc21. The molecule has 0 radical (unpaired) electrons. The fourth-order valence-corrected chi connectivity index (χ4v) is 5.57. The molecule has 5 heteroatoms. The first-order valence-electron chi connectivity index (χ1n) is 14.7. The minimum absolute atomic E-state index is 0.0898. The molecule has 216 valence electrons. The number of imidazole rings is 1. The average Bonchev–Trinajstić information content (AvgIpc) is 3.33. The second-order valence-electron chi connectivity index (χ2n) is 13.3. The minimum atomic E-state index is -0.231. The van der Waals surface area contributed by atoms with Gasteiger partial charge in [0.15, 0.2) is 0 Å². The van der Waals surface area contributed by atoms with Crippen LogP contribution in [0.2, 0.25) is 0 Å². The van der Waals surface area contributed by atoms with E-state index in [4.69, 9.17) is 9.97 Å². The number of hydrogen-bond donors (Lipinski definition) is 1. The molecule has 0 fully saturated rings. The summed E-state index contributed by atoms with van der Waals surface area (Å²) in [7, 11) is 1.99. The average molecular weight is 567 g/mol. The highest BCUT2D eigenvalue weighted by atomic mass is 16.3. The quantitative estimate of drug-likeness (QED) is 0.231. The Labute approximate surface area is 253 Å². The van der Waals surface area contributed by atoms with E-state index in [9.17, 15) is 5.11 Å². The molecule has 0 atom stereocenters. The first-order valence-corrected chi connectivity index (χ1v) is 14.7. The molecule has 6 rings (SSSR count). The van der Waals surface area contributed by atoms with E-state index in [0.29, 0.717) is 5.82 Å². The Balaban J connectivity index is 1.45. The van der Waals surface area contributed by atoms with Gasteiger partial charge in [0.2, 0.25) is 0 Å². The van der Waals surface area contributed by atoms with E-state index < -0.39 is 0 Å². The Morgan fingerprint density at radius 3 is 2.05 bits per heavy atom. The number of aromatic nitrogens is 4. The van der Waals surface area contributed by atoms with Crippen LogP contribution in [0.3, 0.4) is 0 Å². The number of rotatable bonds is 4. The van der Waals surface area contributed by atoms with E-state index in [1.165, 1.54) is 0 Å². The number of aromatic hydroxyl groups is 1. The van der Waals surface area contributed by atoms with Crippen molar-refractivity contribution in [3.05, 3.63) is 109 Å². The molecule has 5 nitrogen and oxygen atoms in total. The van der Waals surface area contributed by atoms with E-state index in [1.54, 1.807) is 0 Å². The van der Waals surface area contributed by atoms with Crippen LogP contribution in [0.15, 0.2) is 97.5 Å². The van der Waals surface area contributed by atoms with E-state index in [0.717, 1.165) is 61.2 Å². The number of aryl methyl sites for hydroxylation is 1. The summed E-state index contributed by atoms with van der Waals surface area (Å²) in [4.78, 5) is 14.5. The molecular formula is C38H38N4O. The summed E-state index contributed by atoms with van der Waals surface area (Å²) in [6.07, 6.45) is 5.64. The second-order valence-corrected chi connectivity index (χ2v) is 13.3. The molecule has 43 heavy (non-hydrogen) atoms. The number of nitrogens with zero attached hydrogens (tertiary/aromatic N) is 4. The third-order valence-electron chi connectivity index (χ3n) is 8.16. The number of phenols is 1. The summed E-state index contributed by atoms with van der Waals surface area (Å²) >= 11 is 0. The predicted molar refractivity (Wildman–Crippen MR) is 177 cm³/mol. The number of pyridine rings is 2. The van der Waals surface area contributed by atoms with Crippen molar-refractivity contribution in [1.29, 1.82) is 0 Å². The van der Waals surface area contributed by atoms with Gasteiger partial charge in [-0.2, -0.15) is 0 Å². The van der Waals surface area contributed by atoms with Crippen LogP contribution in [0.5, 0.6) is 5.75 Å². The van der Waals surface area contributed by atoms with Crippen molar-refractivity contribution in [3.8, 4) is 50.6 Å². The highest BCUT2D eigenvalue weighted by Gasteiger charge is 2.27. The number of phenolic OH excluding ortho intramolecular Hbond substituents is 1. The largest absolute Gasteiger partial charge is 0.507 e. The monoisotopic (exact) mass is 566 g/mol. The van der Waals surface area contributed by atoms with Crippen molar-refractivity contribution in [1.82, 2.24) is 19.5 Å². The van der Waals surface area contributed by atoms with Gasteiger partial charge in [0.05, 0.1) is 23.0 Å². The smallest absolute Gasteiger partial charge is 0.144 e. The topological polar surface area (TPSA) is 63.8 Å². The van der Waals surface area contributed by atoms with Crippen molar-refractivity contribution >= 4 is 11.0 Å². The summed E-state index contributed by atoms with van der Waals surface area (Å²) in [6.45, 7) is 13.0. The Hall–Kier alpha value is -4.77. The van der Waals surface area contributed by atoms with Gasteiger partial charge in [-0.15, -0.1) is 0 Å². The number of fused-ring (bicyclic) bond motifs is 1. The summed E-state index contributed by atoms with van der Waals surface area (Å²) in [5, 5.41) is 11.6. The Bertz CT molecular complexity index is 1940. The Morgan fingerprint density at radius 2 is 1.37 bits per heavy atom. The van der Waals surface area contributed by atoms with Crippen molar-refractivity contribution in [2.24, 2.45) is 7.05 Å². The molecule has 0 aliphatic carbocycles. The Morgan fingerprint density at radius 1 is 0.651 bits per heavy atom. The van der Waals surface area contributed by atoms with Gasteiger partial charge < -0.3 is 9.67 Å². The molecule has 1 N–H and O–H groups in total. The summed E-state index contributed by atoms with van der Waals surface area (Å²) in [5.74, 6) is 0.994. The van der Waals surface area contributed by atoms with E-state index in [2.05, 4.69) is 101 Å². The molecule has 3 aromatic heterocycles. The molecule has 0 saturated carbocycles. The van der Waals surface area contributed by atoms with Crippen molar-refractivity contribution in [3.63, 3.8) is 0 Å². The van der Waals surface area contributed by atoms with E-state index in [-0.39, 0.29) is 16.6 Å². The maximum absolute atomic E-state index is 11.6. The van der Waals surface area contributed by atoms with Gasteiger partial charge in [0, 0.05) is 41.7 Å². The van der Waals surface area contributed by atoms with Gasteiger partial charge in [-0.05, 0) is 45.7 Å². The van der Waals surface area contributed by atoms with Crippen LogP contribution in [0.4, 0.5) is 0 Å². The van der Waals surface area contributed by atoms with Gasteiger partial charge in [-0.25, -0.2) is 4.98 Å². The zero-order chi connectivity index (χ0) is 30.5. The van der Waals surface area contributed by atoms with Crippen LogP contribution in [0.25, 0.3) is 55.9 Å². The molecule has 3 aromatic carbocycles. The minimum Gasteiger partial charge on any atom is -0.507 e. The molecule has 0 saturated heterocycles. The lowest BCUT2D eigenvalue weighted by Gasteiger charge is -2.27. The van der Waals surface area contributed by atoms with Crippen LogP contribution < -0.4 is 0 Å². The lowest BCUT2D eigenvalue weighted by atomic mass is 9.79. The van der Waals surface area contributed by atoms with Crippen LogP contribution in [-0.4, -0.2) is 24.6 Å². The van der Waals surface area contributed by atoms with Gasteiger partial charge >= 0.3 is 0 Å². The normalized spacial score (nSPS) is 12.2. The van der Waals surface area contributed by atoms with Gasteiger partial charge in [-0.1, -0.05) is 102 Å². The zero-order valence-electron chi connectivity index (χ0n) is 26.0. The van der Waals surface area contributed by atoms with Gasteiger partial charge in [-0.3, -0.25) is 9.97 Å². The molecule has 0 aliphatic heterocycles. The van der Waals surface area contributed by atoms with Crippen molar-refractivity contribution in [2.45, 2.75) is 52.4 Å². The van der Waals surface area contributed by atoms with Crippen LogP contribution in [0, 0.1) is 0 Å². The van der Waals surface area contributed by atoms with Crippen molar-refractivity contribution < 1.29 is 5.11 Å². The first-order chi connectivity index (χ1) is 20.4. The predicted octanol–water partition coefficient (Wildman–Crippen LogP) is 9.33. The molecule has 0 aliphatic rings. The van der Waals surface area contributed by atoms with E-state index in [1.807, 2.05) is 54.5 Å². The number of benzene rings is 3. The molecule has 0 bridgehead atoms. The van der Waals surface area contributed by atoms with Crippen LogP contribution in [-0.2, 0) is 17.9 Å². The maximum Gasteiger partial charge on any atom is 0.144 e. The second kappa shape index (κ2) is 10.5. The maximum atomic E-state index is 11.6. The molecule has 0 spiro atoms.